The van der Waals surface area contributed by atoms with Gasteiger partial charge >= 0.3 is 0 Å². The van der Waals surface area contributed by atoms with Gasteiger partial charge in [-0.05, 0) is 86.1 Å². The smallest absolute Gasteiger partial charge is 0.201 e. The van der Waals surface area contributed by atoms with Crippen molar-refractivity contribution in [1.29, 1.82) is 0 Å². The summed E-state index contributed by atoms with van der Waals surface area (Å²) in [5.74, 6) is 0.982. The van der Waals surface area contributed by atoms with Gasteiger partial charge in [0.1, 0.15) is 12.4 Å². The lowest BCUT2D eigenvalue weighted by Crippen LogP contribution is -2.70. The molecule has 5 aliphatic rings. The zero-order valence-corrected chi connectivity index (χ0v) is 24.0. The molecule has 5 fully saturated rings. The van der Waals surface area contributed by atoms with Crippen molar-refractivity contribution >= 4 is 23.5 Å². The van der Waals surface area contributed by atoms with Crippen molar-refractivity contribution in [3.8, 4) is 5.75 Å². The normalized spacial score (nSPS) is 36.7. The van der Waals surface area contributed by atoms with E-state index in [1.54, 1.807) is 48.6 Å². The average Bonchev–Trinajstić information content (AvgIpc) is 3.19. The lowest BCUT2D eigenvalue weighted by atomic mass is 9.58. The second kappa shape index (κ2) is 11.2. The molecule has 0 radical (unpaired) electrons. The molecule has 8 atom stereocenters. The second-order valence-corrected chi connectivity index (χ2v) is 12.2. The molecule has 0 aromatic heterocycles. The third-order valence-corrected chi connectivity index (χ3v) is 9.42. The van der Waals surface area contributed by atoms with Crippen LogP contribution in [0.2, 0.25) is 5.02 Å². The summed E-state index contributed by atoms with van der Waals surface area (Å²) in [4.78, 5) is 24.6. The van der Waals surface area contributed by atoms with Crippen LogP contribution in [0.1, 0.15) is 62.4 Å². The monoisotopic (exact) mass is 568 g/mol. The van der Waals surface area contributed by atoms with Crippen LogP contribution in [0.25, 0.3) is 6.08 Å². The molecule has 0 N–H and O–H groups in total. The van der Waals surface area contributed by atoms with Gasteiger partial charge in [-0.15, -0.1) is 0 Å². The standard InChI is InChI=1S/C32H37ClO7/c1-20-4-14-27-21(2)29(37-30-32(27)26(20)16-17-31(3,38-30)39-40-32)36-19-18-35-25-12-8-23(9-13-25)28(34)15-7-22-5-10-24(33)11-6-22/h5-13,15,20-21,26-27,29-30H,4,14,16-19H2,1-3H3/b15-7+/t20-,21-,26+,27+,29+,30-,31+,32-/m1/s1. The van der Waals surface area contributed by atoms with Gasteiger partial charge in [0.2, 0.25) is 5.79 Å². The minimum absolute atomic E-state index is 0.0805. The van der Waals surface area contributed by atoms with Gasteiger partial charge in [0.15, 0.2) is 24.0 Å². The fourth-order valence-electron chi connectivity index (χ4n) is 6.94. The number of fused-ring (bicyclic) bond motifs is 2. The van der Waals surface area contributed by atoms with Crippen LogP contribution < -0.4 is 4.74 Å². The molecule has 2 aromatic rings. The summed E-state index contributed by atoms with van der Waals surface area (Å²) in [6.07, 6.45) is 6.35. The molecule has 4 saturated heterocycles. The first-order chi connectivity index (χ1) is 19.3. The van der Waals surface area contributed by atoms with E-state index in [1.807, 2.05) is 19.1 Å². The summed E-state index contributed by atoms with van der Waals surface area (Å²) in [5, 5.41) is 0.662. The Balaban J connectivity index is 1.02. The van der Waals surface area contributed by atoms with Crippen molar-refractivity contribution in [3.05, 3.63) is 70.8 Å². The number of ether oxygens (including phenoxy) is 4. The molecule has 7 nitrogen and oxygen atoms in total. The van der Waals surface area contributed by atoms with Crippen LogP contribution in [0.4, 0.5) is 0 Å². The van der Waals surface area contributed by atoms with E-state index in [1.165, 1.54) is 0 Å². The largest absolute Gasteiger partial charge is 0.491 e. The molecule has 1 aliphatic carbocycles. The van der Waals surface area contributed by atoms with Crippen LogP contribution in [0.15, 0.2) is 54.6 Å². The maximum Gasteiger partial charge on any atom is 0.201 e. The van der Waals surface area contributed by atoms with Crippen molar-refractivity contribution in [3.63, 3.8) is 0 Å². The Labute approximate surface area is 240 Å². The molecule has 7 rings (SSSR count). The Hall–Kier alpha value is -2.26. The SMILES string of the molecule is C[C@H]1[C@@H](OCCOc2ccc(C(=O)/C=C/c3ccc(Cl)cc3)cc2)O[C@@H]2O[C@]3(C)CC[C@H]4[C@H](C)CC[C@@H]1[C@@]24OO3. The summed E-state index contributed by atoms with van der Waals surface area (Å²) < 4.78 is 25.0. The fraction of sp³-hybridized carbons (Fsp3) is 0.531. The summed E-state index contributed by atoms with van der Waals surface area (Å²) >= 11 is 5.92. The molecule has 2 aromatic carbocycles. The van der Waals surface area contributed by atoms with Crippen LogP contribution in [-0.2, 0) is 24.0 Å². The molecule has 4 aliphatic heterocycles. The minimum atomic E-state index is -0.801. The van der Waals surface area contributed by atoms with Crippen molar-refractivity contribution in [2.45, 2.75) is 70.4 Å². The Bertz CT molecular complexity index is 1230. The van der Waals surface area contributed by atoms with Crippen LogP contribution in [0.5, 0.6) is 5.75 Å². The number of hydrogen-bond donors (Lipinski definition) is 0. The molecule has 214 valence electrons. The van der Waals surface area contributed by atoms with Crippen LogP contribution in [0.3, 0.4) is 0 Å². The maximum atomic E-state index is 12.5. The first kappa shape index (κ1) is 27.9. The predicted molar refractivity (Wildman–Crippen MR) is 150 cm³/mol. The molecule has 1 spiro atoms. The Morgan fingerprint density at radius 3 is 2.55 bits per heavy atom. The third kappa shape index (κ3) is 5.24. The zero-order chi connectivity index (χ0) is 27.9. The highest BCUT2D eigenvalue weighted by molar-refractivity contribution is 6.30. The van der Waals surface area contributed by atoms with Gasteiger partial charge in [-0.3, -0.25) is 4.79 Å². The van der Waals surface area contributed by atoms with Gasteiger partial charge in [0.05, 0.1) is 6.61 Å². The molecular weight excluding hydrogens is 532 g/mol. The van der Waals surface area contributed by atoms with E-state index >= 15 is 0 Å². The number of ketones is 1. The Morgan fingerprint density at radius 1 is 1.00 bits per heavy atom. The molecule has 40 heavy (non-hydrogen) atoms. The molecule has 0 unspecified atom stereocenters. The van der Waals surface area contributed by atoms with E-state index in [0.29, 0.717) is 41.4 Å². The summed E-state index contributed by atoms with van der Waals surface area (Å²) in [7, 11) is 0. The van der Waals surface area contributed by atoms with Gasteiger partial charge in [0.25, 0.3) is 0 Å². The van der Waals surface area contributed by atoms with Gasteiger partial charge in [0, 0.05) is 28.8 Å². The zero-order valence-electron chi connectivity index (χ0n) is 23.2. The van der Waals surface area contributed by atoms with Crippen molar-refractivity contribution in [2.24, 2.45) is 23.7 Å². The van der Waals surface area contributed by atoms with E-state index in [9.17, 15) is 4.79 Å². The van der Waals surface area contributed by atoms with Gasteiger partial charge in [-0.2, -0.15) is 0 Å². The van der Waals surface area contributed by atoms with Gasteiger partial charge in [-0.25, -0.2) is 9.78 Å². The molecule has 8 heteroatoms. The third-order valence-electron chi connectivity index (χ3n) is 9.17. The number of halogens is 1. The lowest BCUT2D eigenvalue weighted by molar-refractivity contribution is -0.577. The highest BCUT2D eigenvalue weighted by atomic mass is 35.5. The fourth-order valence-corrected chi connectivity index (χ4v) is 7.07. The molecule has 0 amide bonds. The highest BCUT2D eigenvalue weighted by Crippen LogP contribution is 2.60. The van der Waals surface area contributed by atoms with Crippen molar-refractivity contribution in [2.75, 3.05) is 13.2 Å². The van der Waals surface area contributed by atoms with Crippen molar-refractivity contribution in [1.82, 2.24) is 0 Å². The van der Waals surface area contributed by atoms with Crippen LogP contribution >= 0.6 is 11.6 Å². The van der Waals surface area contributed by atoms with E-state index in [4.69, 9.17) is 40.3 Å². The number of carbonyl (C=O) groups is 1. The number of benzene rings is 2. The van der Waals surface area contributed by atoms with Gasteiger partial charge < -0.3 is 18.9 Å². The van der Waals surface area contributed by atoms with Gasteiger partial charge in [-0.1, -0.05) is 43.7 Å². The predicted octanol–water partition coefficient (Wildman–Crippen LogP) is 6.84. The van der Waals surface area contributed by atoms with E-state index in [-0.39, 0.29) is 17.6 Å². The topological polar surface area (TPSA) is 72.5 Å². The molecule has 4 heterocycles. The van der Waals surface area contributed by atoms with E-state index in [2.05, 4.69) is 13.8 Å². The van der Waals surface area contributed by atoms with Crippen LogP contribution in [0, 0.1) is 23.7 Å². The summed E-state index contributed by atoms with van der Waals surface area (Å²) in [6.45, 7) is 7.13. The molecular formula is C32H37ClO7. The van der Waals surface area contributed by atoms with E-state index < -0.39 is 24.0 Å². The highest BCUT2D eigenvalue weighted by Gasteiger charge is 2.69. The number of hydrogen-bond acceptors (Lipinski definition) is 7. The van der Waals surface area contributed by atoms with Crippen LogP contribution in [-0.4, -0.2) is 43.0 Å². The molecule has 1 saturated carbocycles. The summed E-state index contributed by atoms with van der Waals surface area (Å²) in [6, 6.07) is 14.4. The second-order valence-electron chi connectivity index (χ2n) is 11.8. The lowest BCUT2D eigenvalue weighted by Gasteiger charge is -2.60. The Kier molecular flexibility index (Phi) is 7.81. The average molecular weight is 569 g/mol. The number of carbonyl (C=O) groups excluding carboxylic acids is 1. The molecule has 2 bridgehead atoms. The Morgan fingerprint density at radius 2 is 1.77 bits per heavy atom. The summed E-state index contributed by atoms with van der Waals surface area (Å²) in [5.41, 5.74) is 0.909. The first-order valence-electron chi connectivity index (χ1n) is 14.3. The van der Waals surface area contributed by atoms with Crippen molar-refractivity contribution < 1.29 is 33.5 Å². The van der Waals surface area contributed by atoms with E-state index in [0.717, 1.165) is 31.2 Å². The first-order valence-corrected chi connectivity index (χ1v) is 14.7. The number of rotatable bonds is 8. The maximum absolute atomic E-state index is 12.5. The minimum Gasteiger partial charge on any atom is -0.491 e. The number of allylic oxidation sites excluding steroid dienone is 1. The quantitative estimate of drug-likeness (QED) is 0.149.